The van der Waals surface area contributed by atoms with E-state index in [1.54, 1.807) is 65.6 Å². The summed E-state index contributed by atoms with van der Waals surface area (Å²) in [5.41, 5.74) is 5.32. The van der Waals surface area contributed by atoms with E-state index < -0.39 is 29.2 Å². The first-order valence-electron chi connectivity index (χ1n) is 14.5. The fourth-order valence-electron chi connectivity index (χ4n) is 5.87. The number of β-lactam (4-membered cyclic amide) rings is 1. The van der Waals surface area contributed by atoms with Gasteiger partial charge in [0.25, 0.3) is 0 Å². The Hall–Kier alpha value is -3.85. The number of halogens is 2. The van der Waals surface area contributed by atoms with Gasteiger partial charge in [-0.1, -0.05) is 54.1 Å². The van der Waals surface area contributed by atoms with Crippen molar-refractivity contribution in [3.63, 3.8) is 0 Å². The van der Waals surface area contributed by atoms with Crippen LogP contribution in [0.5, 0.6) is 5.75 Å². The number of anilines is 1. The lowest BCUT2D eigenvalue weighted by Gasteiger charge is -2.47. The van der Waals surface area contributed by atoms with Crippen LogP contribution in [0.4, 0.5) is 10.1 Å². The molecule has 4 atom stereocenters. The van der Waals surface area contributed by atoms with E-state index in [-0.39, 0.29) is 11.9 Å². The van der Waals surface area contributed by atoms with Crippen LogP contribution in [-0.2, 0) is 22.4 Å². The minimum Gasteiger partial charge on any atom is -0.478 e. The van der Waals surface area contributed by atoms with E-state index in [0.29, 0.717) is 27.8 Å². The monoisotopic (exact) mass is 631 g/mol. The third-order valence-corrected chi connectivity index (χ3v) is 9.79. The van der Waals surface area contributed by atoms with Gasteiger partial charge in [-0.25, -0.2) is 9.18 Å². The van der Waals surface area contributed by atoms with Gasteiger partial charge in [0.2, 0.25) is 12.0 Å². The number of carbonyl (C=O) groups excluding carboxylic acids is 1. The number of nitrogens with zero attached hydrogens (tertiary/aromatic N) is 1. The van der Waals surface area contributed by atoms with Crippen LogP contribution in [0.15, 0.2) is 91.0 Å². The van der Waals surface area contributed by atoms with E-state index >= 15 is 0 Å². The molecule has 1 aliphatic carbocycles. The Balaban J connectivity index is 1.21. The number of aryl methyl sites for hydroxylation is 2. The molecule has 9 heteroatoms. The molecule has 0 bridgehead atoms. The Morgan fingerprint density at radius 3 is 2.27 bits per heavy atom. The number of hydrogen-bond acceptors (Lipinski definition) is 5. The molecule has 0 aromatic heterocycles. The quantitative estimate of drug-likeness (QED) is 0.176. The summed E-state index contributed by atoms with van der Waals surface area (Å²) < 4.78 is 19.5. The molecule has 6 nitrogen and oxygen atoms in total. The number of carboxylic acids is 1. The first kappa shape index (κ1) is 30.2. The number of thioether (sulfide) groups is 1. The Morgan fingerprint density at radius 1 is 0.932 bits per heavy atom. The number of aliphatic carboxylic acids is 1. The average Bonchev–Trinajstić information content (AvgIpc) is 3.04. The van der Waals surface area contributed by atoms with Crippen LogP contribution in [0.2, 0.25) is 5.02 Å². The van der Waals surface area contributed by atoms with E-state index in [0.717, 1.165) is 30.4 Å². The summed E-state index contributed by atoms with van der Waals surface area (Å²) in [5, 5.41) is 20.9. The number of amides is 1. The molecule has 44 heavy (non-hydrogen) atoms. The molecule has 4 aromatic rings. The Kier molecular flexibility index (Phi) is 8.93. The van der Waals surface area contributed by atoms with Crippen molar-refractivity contribution in [2.75, 3.05) is 10.7 Å². The van der Waals surface area contributed by atoms with Crippen LogP contribution >= 0.6 is 23.4 Å². The predicted octanol–water partition coefficient (Wildman–Crippen LogP) is 7.49. The van der Waals surface area contributed by atoms with E-state index in [1.165, 1.54) is 41.4 Å². The Bertz CT molecular complexity index is 1650. The summed E-state index contributed by atoms with van der Waals surface area (Å²) in [6.45, 7) is 0. The number of carbonyl (C=O) groups is 2. The van der Waals surface area contributed by atoms with Crippen molar-refractivity contribution in [1.29, 1.82) is 0 Å². The van der Waals surface area contributed by atoms with Crippen LogP contribution in [0, 0.1) is 5.82 Å². The number of hydrogen-bond donors (Lipinski definition) is 2. The smallest absolute Gasteiger partial charge is 0.349 e. The maximum Gasteiger partial charge on any atom is 0.349 e. The van der Waals surface area contributed by atoms with Crippen LogP contribution < -0.4 is 9.64 Å². The van der Waals surface area contributed by atoms with Gasteiger partial charge in [0.1, 0.15) is 16.8 Å². The molecule has 1 saturated heterocycles. The second kappa shape index (κ2) is 13.0. The minimum absolute atomic E-state index is 0.127. The molecule has 1 amide bonds. The molecule has 4 aromatic carbocycles. The van der Waals surface area contributed by atoms with Gasteiger partial charge in [-0.2, -0.15) is 0 Å². The van der Waals surface area contributed by atoms with Crippen LogP contribution in [-0.4, -0.2) is 33.1 Å². The maximum absolute atomic E-state index is 13.7. The summed E-state index contributed by atoms with van der Waals surface area (Å²) >= 11 is 7.35. The van der Waals surface area contributed by atoms with Crippen molar-refractivity contribution < 1.29 is 28.9 Å². The predicted molar refractivity (Wildman–Crippen MR) is 170 cm³/mol. The van der Waals surface area contributed by atoms with Gasteiger partial charge in [-0.05, 0) is 96.5 Å². The second-order valence-electron chi connectivity index (χ2n) is 11.1. The SMILES string of the molecule is O=C(O)C(Oc1ccc([C@@H]2[C@@H](SC[C@@H](O)c3ccc4c(c3)CCCC4)C(=O)N2c2ccc(F)cc2)cc1)c1ccc(Cl)cc1. The van der Waals surface area contributed by atoms with Gasteiger partial charge < -0.3 is 19.8 Å². The van der Waals surface area contributed by atoms with Crippen LogP contribution in [0.25, 0.3) is 0 Å². The van der Waals surface area contributed by atoms with E-state index in [2.05, 4.69) is 12.1 Å². The lowest BCUT2D eigenvalue weighted by molar-refractivity contribution is -0.145. The highest BCUT2D eigenvalue weighted by molar-refractivity contribution is 8.00. The zero-order valence-corrected chi connectivity index (χ0v) is 25.3. The molecular weight excluding hydrogens is 601 g/mol. The second-order valence-corrected chi connectivity index (χ2v) is 12.7. The largest absolute Gasteiger partial charge is 0.478 e. The molecule has 1 heterocycles. The highest BCUT2D eigenvalue weighted by atomic mass is 35.5. The van der Waals surface area contributed by atoms with Crippen molar-refractivity contribution in [3.05, 3.63) is 130 Å². The van der Waals surface area contributed by atoms with Gasteiger partial charge in [-0.3, -0.25) is 4.79 Å². The zero-order chi connectivity index (χ0) is 30.8. The molecular formula is C35H31ClFNO5S. The third-order valence-electron chi connectivity index (χ3n) is 8.21. The topological polar surface area (TPSA) is 87.1 Å². The highest BCUT2D eigenvalue weighted by Gasteiger charge is 2.49. The zero-order valence-electron chi connectivity index (χ0n) is 23.7. The van der Waals surface area contributed by atoms with Crippen molar-refractivity contribution in [2.45, 2.75) is 49.2 Å². The van der Waals surface area contributed by atoms with Gasteiger partial charge in [0.15, 0.2) is 0 Å². The minimum atomic E-state index is -1.23. The van der Waals surface area contributed by atoms with Crippen molar-refractivity contribution in [1.82, 2.24) is 0 Å². The fourth-order valence-corrected chi connectivity index (χ4v) is 7.29. The van der Waals surface area contributed by atoms with Crippen molar-refractivity contribution >= 4 is 40.9 Å². The van der Waals surface area contributed by atoms with Crippen molar-refractivity contribution in [3.8, 4) is 5.75 Å². The Labute approximate surface area is 264 Å². The normalized spacial score (nSPS) is 19.1. The number of aliphatic hydroxyl groups excluding tert-OH is 1. The first-order chi connectivity index (χ1) is 21.3. The number of aliphatic hydroxyl groups is 1. The molecule has 0 spiro atoms. The number of ether oxygens (including phenoxy) is 1. The molecule has 0 radical (unpaired) electrons. The van der Waals surface area contributed by atoms with Crippen LogP contribution in [0.3, 0.4) is 0 Å². The number of fused-ring (bicyclic) bond motifs is 1. The fraction of sp³-hybridized carbons (Fsp3) is 0.257. The molecule has 0 saturated carbocycles. The molecule has 2 N–H and O–H groups in total. The van der Waals surface area contributed by atoms with Gasteiger partial charge in [0, 0.05) is 22.0 Å². The summed E-state index contributed by atoms with van der Waals surface area (Å²) in [6, 6.07) is 25.0. The molecule has 1 unspecified atom stereocenters. The number of rotatable bonds is 10. The molecule has 2 aliphatic rings. The van der Waals surface area contributed by atoms with Gasteiger partial charge >= 0.3 is 5.97 Å². The molecule has 1 fully saturated rings. The van der Waals surface area contributed by atoms with E-state index in [9.17, 15) is 24.2 Å². The molecule has 6 rings (SSSR count). The van der Waals surface area contributed by atoms with Crippen molar-refractivity contribution in [2.24, 2.45) is 0 Å². The summed E-state index contributed by atoms with van der Waals surface area (Å²) in [6.07, 6.45) is 2.48. The first-order valence-corrected chi connectivity index (χ1v) is 16.0. The average molecular weight is 632 g/mol. The third kappa shape index (κ3) is 6.34. The lowest BCUT2D eigenvalue weighted by atomic mass is 9.90. The van der Waals surface area contributed by atoms with E-state index in [1.807, 2.05) is 6.07 Å². The summed E-state index contributed by atoms with van der Waals surface area (Å²) in [7, 11) is 0. The summed E-state index contributed by atoms with van der Waals surface area (Å²) in [4.78, 5) is 27.1. The lowest BCUT2D eigenvalue weighted by Crippen LogP contribution is -2.57. The van der Waals surface area contributed by atoms with Gasteiger partial charge in [0.05, 0.1) is 12.1 Å². The number of carboxylic acid groups (broad SMARTS) is 1. The standard InChI is InChI=1S/C35H31ClFNO5S/c36-26-11-7-23(8-12-26)32(35(41)42)43-29-17-9-22(10-18-29)31-33(34(40)38(31)28-15-13-27(37)14-16-28)44-20-30(39)25-6-5-21-3-1-2-4-24(21)19-25/h5-19,30-33,39H,1-4,20H2,(H,41,42)/t30-,31-,32?,33-/m1/s1. The van der Waals surface area contributed by atoms with Gasteiger partial charge in [-0.15, -0.1) is 11.8 Å². The van der Waals surface area contributed by atoms with Crippen LogP contribution in [0.1, 0.15) is 58.9 Å². The Morgan fingerprint density at radius 2 is 1.59 bits per heavy atom. The molecule has 1 aliphatic heterocycles. The molecule has 226 valence electrons. The number of benzene rings is 4. The van der Waals surface area contributed by atoms with E-state index in [4.69, 9.17) is 16.3 Å². The maximum atomic E-state index is 13.7. The highest BCUT2D eigenvalue weighted by Crippen LogP contribution is 2.46. The summed E-state index contributed by atoms with van der Waals surface area (Å²) in [5.74, 6) is -0.976.